The van der Waals surface area contributed by atoms with Gasteiger partial charge >= 0.3 is 0 Å². The molecule has 4 nitrogen and oxygen atoms in total. The van der Waals surface area contributed by atoms with Crippen LogP contribution >= 0.6 is 11.3 Å². The van der Waals surface area contributed by atoms with E-state index < -0.39 is 0 Å². The summed E-state index contributed by atoms with van der Waals surface area (Å²) in [6.45, 7) is 2.44. The maximum absolute atomic E-state index is 5.64. The summed E-state index contributed by atoms with van der Waals surface area (Å²) in [7, 11) is 0. The summed E-state index contributed by atoms with van der Waals surface area (Å²) in [5.74, 6) is 2.56. The van der Waals surface area contributed by atoms with Crippen LogP contribution in [0.2, 0.25) is 0 Å². The zero-order valence-electron chi connectivity index (χ0n) is 17.7. The molecule has 32 heavy (non-hydrogen) atoms. The van der Waals surface area contributed by atoms with E-state index in [0.717, 1.165) is 28.4 Å². The molecule has 0 radical (unpaired) electrons. The van der Waals surface area contributed by atoms with Crippen molar-refractivity contribution in [2.45, 2.75) is 25.3 Å². The summed E-state index contributed by atoms with van der Waals surface area (Å²) in [4.78, 5) is 4.91. The van der Waals surface area contributed by atoms with Gasteiger partial charge in [0.2, 0.25) is 6.79 Å². The summed E-state index contributed by atoms with van der Waals surface area (Å²) >= 11 is 1.77. The standard InChI is InChI=1S/C27H22N2O2S/c1-15-5-8-22-25(11-15)32-27(29-22)17-6-9-21-20(12-17)18-3-2-4-19(18)26(28-21)16-7-10-23-24(13-16)31-14-30-23/h2-3,5-13,18-19,26,28H,4,14H2,1H3/t18-,19+,26+/m1/s1. The molecule has 0 unspecified atom stereocenters. The van der Waals surface area contributed by atoms with Gasteiger partial charge in [0.15, 0.2) is 11.5 Å². The van der Waals surface area contributed by atoms with E-state index in [1.165, 1.54) is 32.6 Å². The van der Waals surface area contributed by atoms with Gasteiger partial charge in [-0.15, -0.1) is 11.3 Å². The number of anilines is 1. The van der Waals surface area contributed by atoms with Crippen molar-refractivity contribution in [3.8, 4) is 22.1 Å². The van der Waals surface area contributed by atoms with Gasteiger partial charge in [-0.2, -0.15) is 0 Å². The Bertz CT molecular complexity index is 1410. The molecular formula is C27H22N2O2S. The Labute approximate surface area is 190 Å². The van der Waals surface area contributed by atoms with Crippen LogP contribution in [0.3, 0.4) is 0 Å². The largest absolute Gasteiger partial charge is 0.454 e. The molecule has 4 aromatic rings. The second-order valence-corrected chi connectivity index (χ2v) is 9.91. The van der Waals surface area contributed by atoms with Crippen molar-refractivity contribution in [2.75, 3.05) is 12.1 Å². The molecule has 3 aromatic carbocycles. The number of allylic oxidation sites excluding steroid dienone is 2. The maximum atomic E-state index is 5.64. The second-order valence-electron chi connectivity index (χ2n) is 8.88. The van der Waals surface area contributed by atoms with Crippen molar-refractivity contribution in [2.24, 2.45) is 5.92 Å². The summed E-state index contributed by atoms with van der Waals surface area (Å²) in [6.07, 6.45) is 5.79. The van der Waals surface area contributed by atoms with Gasteiger partial charge in [-0.1, -0.05) is 24.3 Å². The van der Waals surface area contributed by atoms with Crippen molar-refractivity contribution < 1.29 is 9.47 Å². The quantitative estimate of drug-likeness (QED) is 0.349. The summed E-state index contributed by atoms with van der Waals surface area (Å²) in [6, 6.07) is 19.8. The van der Waals surface area contributed by atoms with Gasteiger partial charge in [0.05, 0.1) is 16.3 Å². The minimum absolute atomic E-state index is 0.244. The number of thiazole rings is 1. The summed E-state index contributed by atoms with van der Waals surface area (Å²) < 4.78 is 12.4. The summed E-state index contributed by atoms with van der Waals surface area (Å²) in [5, 5.41) is 4.92. The SMILES string of the molecule is Cc1ccc2nc(-c3ccc4c(c3)[C@@H]3C=CC[C@@H]3[C@H](c3ccc5c(c3)OCO5)N4)sc2c1. The Hall–Kier alpha value is -3.31. The zero-order valence-corrected chi connectivity index (χ0v) is 18.5. The average molecular weight is 439 g/mol. The van der Waals surface area contributed by atoms with Crippen LogP contribution < -0.4 is 14.8 Å². The molecule has 3 heterocycles. The first kappa shape index (κ1) is 18.3. The van der Waals surface area contributed by atoms with E-state index in [-0.39, 0.29) is 6.04 Å². The van der Waals surface area contributed by atoms with Crippen LogP contribution in [0.5, 0.6) is 11.5 Å². The number of ether oxygens (including phenoxy) is 2. The van der Waals surface area contributed by atoms with E-state index in [9.17, 15) is 0 Å². The van der Waals surface area contributed by atoms with Gasteiger partial charge in [-0.3, -0.25) is 0 Å². The molecule has 7 rings (SSSR count). The van der Waals surface area contributed by atoms with Crippen LogP contribution in [0.25, 0.3) is 20.8 Å². The lowest BCUT2D eigenvalue weighted by Crippen LogP contribution is -2.29. The fourth-order valence-electron chi connectivity index (χ4n) is 5.32. The molecule has 158 valence electrons. The zero-order chi connectivity index (χ0) is 21.2. The Morgan fingerprint density at radius 3 is 2.91 bits per heavy atom. The first-order chi connectivity index (χ1) is 15.7. The number of nitrogens with zero attached hydrogens (tertiary/aromatic N) is 1. The van der Waals surface area contributed by atoms with Crippen LogP contribution in [-0.2, 0) is 0 Å². The lowest BCUT2D eigenvalue weighted by atomic mass is 9.76. The molecule has 1 aliphatic carbocycles. The number of aryl methyl sites for hydroxylation is 1. The predicted molar refractivity (Wildman–Crippen MR) is 129 cm³/mol. The van der Waals surface area contributed by atoms with E-state index in [2.05, 4.69) is 72.9 Å². The number of hydrogen-bond acceptors (Lipinski definition) is 5. The van der Waals surface area contributed by atoms with Crippen LogP contribution in [0.1, 0.15) is 35.1 Å². The first-order valence-corrected chi connectivity index (χ1v) is 11.9. The van der Waals surface area contributed by atoms with Crippen molar-refractivity contribution in [3.05, 3.63) is 83.4 Å². The molecule has 3 aliphatic rings. The second kappa shape index (κ2) is 6.84. The number of rotatable bonds is 2. The Kier molecular flexibility index (Phi) is 3.91. The molecule has 1 aromatic heterocycles. The van der Waals surface area contributed by atoms with Crippen LogP contribution in [-0.4, -0.2) is 11.8 Å². The van der Waals surface area contributed by atoms with Gasteiger partial charge in [0, 0.05) is 17.2 Å². The third-order valence-corrected chi connectivity index (χ3v) is 7.98. The van der Waals surface area contributed by atoms with Gasteiger partial charge in [0.25, 0.3) is 0 Å². The van der Waals surface area contributed by atoms with E-state index in [1.807, 2.05) is 6.07 Å². The highest BCUT2D eigenvalue weighted by Gasteiger charge is 2.38. The highest BCUT2D eigenvalue weighted by Crippen LogP contribution is 2.51. The van der Waals surface area contributed by atoms with Gasteiger partial charge < -0.3 is 14.8 Å². The van der Waals surface area contributed by atoms with Crippen molar-refractivity contribution in [1.82, 2.24) is 4.98 Å². The Morgan fingerprint density at radius 1 is 1.00 bits per heavy atom. The molecule has 0 fully saturated rings. The number of nitrogens with one attached hydrogen (secondary N) is 1. The molecule has 0 bridgehead atoms. The van der Waals surface area contributed by atoms with Gasteiger partial charge in [-0.25, -0.2) is 4.98 Å². The highest BCUT2D eigenvalue weighted by atomic mass is 32.1. The Morgan fingerprint density at radius 2 is 1.94 bits per heavy atom. The normalized spacial score (nSPS) is 22.6. The molecule has 0 saturated carbocycles. The third kappa shape index (κ3) is 2.77. The smallest absolute Gasteiger partial charge is 0.231 e. The average Bonchev–Trinajstić information content (AvgIpc) is 3.56. The lowest BCUT2D eigenvalue weighted by molar-refractivity contribution is 0.174. The minimum atomic E-state index is 0.244. The van der Waals surface area contributed by atoms with Crippen molar-refractivity contribution in [3.63, 3.8) is 0 Å². The lowest BCUT2D eigenvalue weighted by Gasteiger charge is -2.37. The maximum Gasteiger partial charge on any atom is 0.231 e. The highest BCUT2D eigenvalue weighted by molar-refractivity contribution is 7.21. The fraction of sp³-hybridized carbons (Fsp3) is 0.222. The molecule has 0 amide bonds. The van der Waals surface area contributed by atoms with Crippen molar-refractivity contribution >= 4 is 27.2 Å². The summed E-state index contributed by atoms with van der Waals surface area (Å²) in [5.41, 5.74) is 7.38. The van der Waals surface area contributed by atoms with Crippen LogP contribution in [0.15, 0.2) is 66.7 Å². The fourth-order valence-corrected chi connectivity index (χ4v) is 6.38. The van der Waals surface area contributed by atoms with Crippen LogP contribution in [0, 0.1) is 12.8 Å². The van der Waals surface area contributed by atoms with Gasteiger partial charge in [0.1, 0.15) is 5.01 Å². The Balaban J connectivity index is 1.28. The van der Waals surface area contributed by atoms with Crippen LogP contribution in [0.4, 0.5) is 5.69 Å². The topological polar surface area (TPSA) is 43.4 Å². The van der Waals surface area contributed by atoms with Gasteiger partial charge in [-0.05, 0) is 78.4 Å². The molecular weight excluding hydrogens is 416 g/mol. The van der Waals surface area contributed by atoms with E-state index in [4.69, 9.17) is 14.5 Å². The minimum Gasteiger partial charge on any atom is -0.454 e. The first-order valence-electron chi connectivity index (χ1n) is 11.1. The molecule has 0 spiro atoms. The number of hydrogen-bond donors (Lipinski definition) is 1. The molecule has 0 saturated heterocycles. The molecule has 5 heteroatoms. The monoisotopic (exact) mass is 438 g/mol. The molecule has 3 atom stereocenters. The van der Waals surface area contributed by atoms with E-state index >= 15 is 0 Å². The number of aromatic nitrogens is 1. The third-order valence-electron chi connectivity index (χ3n) is 6.91. The molecule has 2 aliphatic heterocycles. The molecule has 1 N–H and O–H groups in total. The van der Waals surface area contributed by atoms with Crippen molar-refractivity contribution in [1.29, 1.82) is 0 Å². The number of benzene rings is 3. The van der Waals surface area contributed by atoms with E-state index in [0.29, 0.717) is 18.6 Å². The predicted octanol–water partition coefficient (Wildman–Crippen LogP) is 6.83. The van der Waals surface area contributed by atoms with E-state index in [1.54, 1.807) is 11.3 Å². The number of fused-ring (bicyclic) bond motifs is 5.